The number of fused-ring (bicyclic) bond motifs is 2. The molecule has 1 aliphatic heterocycles. The summed E-state index contributed by atoms with van der Waals surface area (Å²) in [5, 5.41) is 11.1. The zero-order chi connectivity index (χ0) is 38.8. The minimum atomic E-state index is -3.53. The summed E-state index contributed by atoms with van der Waals surface area (Å²) in [6.07, 6.45) is 9.21. The third-order valence-electron chi connectivity index (χ3n) is 11.1. The number of hydrogen-bond acceptors (Lipinski definition) is 7. The summed E-state index contributed by atoms with van der Waals surface area (Å²) in [4.78, 5) is 70.0. The van der Waals surface area contributed by atoms with Crippen molar-refractivity contribution >= 4 is 39.6 Å². The molecule has 1 saturated carbocycles. The van der Waals surface area contributed by atoms with Gasteiger partial charge in [0.2, 0.25) is 27.6 Å². The standard InChI is InChI=1S/C38H54N6O7S/c1-10-12-17-27(32(45)34(47)39-18-11-2)40-33(46)31-29-26(38(29,6)7)21-44(31)35(48)30(25-19-23-15-13-14-16-24(23)20-25)42-36(49)41-28(37(3,4)5)22-43(8)52(9,50)51/h1,11,13-16,25-31H,2,12,17-22H2,3-9H3,(H,39,47)(H,40,46)(H2,41,42,49)/t26-,27?,28+,29-,30-,31-/m0/s1. The van der Waals surface area contributed by atoms with Crippen LogP contribution in [-0.2, 0) is 42.0 Å². The number of nitrogens with zero attached hydrogens (tertiary/aromatic N) is 2. The first-order chi connectivity index (χ1) is 24.2. The lowest BCUT2D eigenvalue weighted by Gasteiger charge is -2.37. The van der Waals surface area contributed by atoms with Crippen LogP contribution in [0.4, 0.5) is 4.79 Å². The molecule has 6 atom stereocenters. The summed E-state index contributed by atoms with van der Waals surface area (Å²) >= 11 is 0. The Morgan fingerprint density at radius 1 is 1.10 bits per heavy atom. The molecule has 1 unspecified atom stereocenters. The molecule has 2 aliphatic carbocycles. The number of piperidine rings is 1. The fourth-order valence-corrected chi connectivity index (χ4v) is 8.06. The van der Waals surface area contributed by atoms with Crippen molar-refractivity contribution in [2.24, 2.45) is 28.6 Å². The number of likely N-dealkylation sites (N-methyl/N-ethyl adjacent to an activating group) is 1. The van der Waals surface area contributed by atoms with E-state index in [9.17, 15) is 32.4 Å². The highest BCUT2D eigenvalue weighted by Crippen LogP contribution is 2.65. The van der Waals surface area contributed by atoms with Gasteiger partial charge in [-0.3, -0.25) is 19.2 Å². The summed E-state index contributed by atoms with van der Waals surface area (Å²) in [5.41, 5.74) is 1.34. The molecule has 0 radical (unpaired) electrons. The van der Waals surface area contributed by atoms with Gasteiger partial charge in [-0.15, -0.1) is 18.9 Å². The topological polar surface area (TPSA) is 174 Å². The molecule has 4 N–H and O–H groups in total. The molecule has 1 heterocycles. The van der Waals surface area contributed by atoms with E-state index < -0.39 is 69.1 Å². The average molecular weight is 739 g/mol. The minimum absolute atomic E-state index is 0.00926. The molecule has 284 valence electrons. The van der Waals surface area contributed by atoms with Gasteiger partial charge in [0.15, 0.2) is 0 Å². The summed E-state index contributed by atoms with van der Waals surface area (Å²) in [7, 11) is -2.09. The van der Waals surface area contributed by atoms with E-state index in [1.54, 1.807) is 0 Å². The third-order valence-corrected chi connectivity index (χ3v) is 12.3. The predicted octanol–water partition coefficient (Wildman–Crippen LogP) is 1.63. The highest BCUT2D eigenvalue weighted by molar-refractivity contribution is 7.88. The number of likely N-dealkylation sites (tertiary alicyclic amines) is 1. The molecule has 1 aromatic carbocycles. The van der Waals surface area contributed by atoms with E-state index >= 15 is 0 Å². The van der Waals surface area contributed by atoms with Crippen molar-refractivity contribution in [2.45, 2.75) is 84.5 Å². The van der Waals surface area contributed by atoms with Crippen molar-refractivity contribution in [1.29, 1.82) is 0 Å². The Morgan fingerprint density at radius 3 is 2.25 bits per heavy atom. The Hall–Kier alpha value is -4.22. The first kappa shape index (κ1) is 40.5. The number of amides is 5. The largest absolute Gasteiger partial charge is 0.346 e. The van der Waals surface area contributed by atoms with E-state index in [0.29, 0.717) is 12.8 Å². The number of benzene rings is 1. The van der Waals surface area contributed by atoms with Gasteiger partial charge >= 0.3 is 6.03 Å². The predicted molar refractivity (Wildman–Crippen MR) is 198 cm³/mol. The summed E-state index contributed by atoms with van der Waals surface area (Å²) in [6.45, 7) is 13.6. The molecule has 4 rings (SSSR count). The van der Waals surface area contributed by atoms with E-state index in [2.05, 4.69) is 33.8 Å². The van der Waals surface area contributed by atoms with Crippen LogP contribution in [-0.4, -0.2) is 104 Å². The zero-order valence-electron chi connectivity index (χ0n) is 31.3. The van der Waals surface area contributed by atoms with Crippen LogP contribution < -0.4 is 21.3 Å². The first-order valence-electron chi connectivity index (χ1n) is 17.7. The van der Waals surface area contributed by atoms with Crippen LogP contribution in [0.2, 0.25) is 0 Å². The Kier molecular flexibility index (Phi) is 12.3. The third kappa shape index (κ3) is 9.04. The number of urea groups is 1. The Balaban J connectivity index is 1.62. The number of ketones is 1. The number of sulfonamides is 1. The van der Waals surface area contributed by atoms with Crippen LogP contribution in [0.15, 0.2) is 36.9 Å². The normalized spacial score (nSPS) is 22.2. The summed E-state index contributed by atoms with van der Waals surface area (Å²) < 4.78 is 25.6. The van der Waals surface area contributed by atoms with Crippen molar-refractivity contribution in [2.75, 3.05) is 32.9 Å². The van der Waals surface area contributed by atoms with Crippen molar-refractivity contribution in [3.8, 4) is 12.3 Å². The fourth-order valence-electron chi connectivity index (χ4n) is 7.64. The van der Waals surface area contributed by atoms with Gasteiger partial charge in [0.05, 0.1) is 12.3 Å². The van der Waals surface area contributed by atoms with Gasteiger partial charge in [0.25, 0.3) is 5.91 Å². The molecular weight excluding hydrogens is 685 g/mol. The van der Waals surface area contributed by atoms with Gasteiger partial charge in [0, 0.05) is 39.1 Å². The molecule has 1 aromatic rings. The van der Waals surface area contributed by atoms with E-state index in [1.165, 1.54) is 22.3 Å². The number of carbonyl (C=O) groups excluding carboxylic acids is 5. The van der Waals surface area contributed by atoms with Crippen LogP contribution in [0.3, 0.4) is 0 Å². The quantitative estimate of drug-likeness (QED) is 0.120. The number of nitrogens with one attached hydrogen (secondary N) is 4. The van der Waals surface area contributed by atoms with Crippen LogP contribution in [0.1, 0.15) is 58.6 Å². The van der Waals surface area contributed by atoms with Crippen LogP contribution in [0, 0.1) is 40.9 Å². The molecule has 13 nitrogen and oxygen atoms in total. The second-order valence-corrected chi connectivity index (χ2v) is 18.1. The fraction of sp³-hybridized carbons (Fsp3) is 0.605. The van der Waals surface area contributed by atoms with Crippen LogP contribution in [0.25, 0.3) is 0 Å². The monoisotopic (exact) mass is 738 g/mol. The number of hydrogen-bond donors (Lipinski definition) is 4. The Bertz CT molecular complexity index is 1700. The lowest BCUT2D eigenvalue weighted by atomic mass is 9.86. The van der Waals surface area contributed by atoms with E-state index in [-0.39, 0.29) is 55.6 Å². The smallest absolute Gasteiger partial charge is 0.315 e. The van der Waals surface area contributed by atoms with Crippen molar-refractivity contribution in [3.63, 3.8) is 0 Å². The molecule has 0 aromatic heterocycles. The first-order valence-corrected chi connectivity index (χ1v) is 19.6. The van der Waals surface area contributed by atoms with Gasteiger partial charge in [-0.1, -0.05) is 65.0 Å². The van der Waals surface area contributed by atoms with Crippen molar-refractivity contribution < 1.29 is 32.4 Å². The Labute approximate surface area is 308 Å². The van der Waals surface area contributed by atoms with E-state index in [1.807, 2.05) is 58.9 Å². The molecule has 0 spiro atoms. The van der Waals surface area contributed by atoms with Gasteiger partial charge < -0.3 is 26.2 Å². The lowest BCUT2D eigenvalue weighted by Crippen LogP contribution is -2.61. The lowest BCUT2D eigenvalue weighted by molar-refractivity contribution is -0.144. The number of terminal acetylenes is 1. The van der Waals surface area contributed by atoms with Crippen LogP contribution in [0.5, 0.6) is 0 Å². The molecular formula is C38H54N6O7S. The van der Waals surface area contributed by atoms with E-state index in [0.717, 1.165) is 17.4 Å². The van der Waals surface area contributed by atoms with Crippen LogP contribution >= 0.6 is 0 Å². The second-order valence-electron chi connectivity index (χ2n) is 16.1. The highest BCUT2D eigenvalue weighted by atomic mass is 32.2. The number of Topliss-reactive ketones (excluding diaryl/α,β-unsaturated/α-hetero) is 1. The van der Waals surface area contributed by atoms with Crippen molar-refractivity contribution in [3.05, 3.63) is 48.0 Å². The zero-order valence-corrected chi connectivity index (χ0v) is 32.1. The maximum atomic E-state index is 14.8. The van der Waals surface area contributed by atoms with E-state index in [4.69, 9.17) is 6.42 Å². The molecule has 3 aliphatic rings. The summed E-state index contributed by atoms with van der Waals surface area (Å²) in [6, 6.07) is 3.43. The summed E-state index contributed by atoms with van der Waals surface area (Å²) in [5.74, 6) is -0.777. The molecule has 14 heteroatoms. The average Bonchev–Trinajstić information content (AvgIpc) is 3.42. The molecule has 52 heavy (non-hydrogen) atoms. The van der Waals surface area contributed by atoms with Gasteiger partial charge in [0.1, 0.15) is 12.1 Å². The number of rotatable bonds is 15. The van der Waals surface area contributed by atoms with Gasteiger partial charge in [-0.25, -0.2) is 17.5 Å². The minimum Gasteiger partial charge on any atom is -0.346 e. The maximum Gasteiger partial charge on any atom is 0.315 e. The van der Waals surface area contributed by atoms with Gasteiger partial charge in [-0.05, 0) is 59.0 Å². The second kappa shape index (κ2) is 15.8. The molecule has 2 fully saturated rings. The maximum absolute atomic E-state index is 14.8. The van der Waals surface area contributed by atoms with Gasteiger partial charge in [-0.2, -0.15) is 0 Å². The van der Waals surface area contributed by atoms with Crippen molar-refractivity contribution in [1.82, 2.24) is 30.5 Å². The molecule has 5 amide bonds. The SMILES string of the molecule is C#CCCC(NC(=O)[C@@H]1[C@@H]2[C@H](CN1C(=O)[C@@H](NC(=O)N[C@H](CN(C)S(C)(=O)=O)C(C)(C)C)C1Cc3ccccc3C1)C2(C)C)C(=O)C(=O)NCC=C. The number of carbonyl (C=O) groups is 5. The molecule has 0 bridgehead atoms. The Morgan fingerprint density at radius 2 is 1.71 bits per heavy atom. The molecule has 1 saturated heterocycles. The highest BCUT2D eigenvalue weighted by Gasteiger charge is 2.69.